The van der Waals surface area contributed by atoms with Crippen molar-refractivity contribution < 1.29 is 13.9 Å². The quantitative estimate of drug-likeness (QED) is 0.744. The van der Waals surface area contributed by atoms with Crippen LogP contribution in [0.4, 0.5) is 4.39 Å². The Hall–Kier alpha value is -2.30. The van der Waals surface area contributed by atoms with Crippen LogP contribution in [0.25, 0.3) is 11.3 Å². The summed E-state index contributed by atoms with van der Waals surface area (Å²) >= 11 is 0. The molecule has 0 N–H and O–H groups in total. The van der Waals surface area contributed by atoms with Crippen LogP contribution in [0, 0.1) is 5.82 Å². The zero-order chi connectivity index (χ0) is 12.3. The van der Waals surface area contributed by atoms with Gasteiger partial charge in [0.15, 0.2) is 5.69 Å². The Balaban J connectivity index is 2.39. The first-order valence-electron chi connectivity index (χ1n) is 4.87. The monoisotopic (exact) mass is 232 g/mol. The molecule has 17 heavy (non-hydrogen) atoms. The van der Waals surface area contributed by atoms with Crippen molar-refractivity contribution >= 4 is 5.97 Å². The minimum atomic E-state index is -0.554. The summed E-state index contributed by atoms with van der Waals surface area (Å²) in [6.07, 6.45) is 2.82. The van der Waals surface area contributed by atoms with Crippen LogP contribution in [-0.2, 0) is 4.74 Å². The lowest BCUT2D eigenvalue weighted by atomic mass is 10.1. The Labute approximate surface area is 97.1 Å². The molecule has 0 aliphatic carbocycles. The standard InChI is InChI=1S/C12H9FN2O2/c1-17-12(16)11-7-14-6-10(15-11)8-2-4-9(13)5-3-8/h2-7H,1H3. The molecule has 0 unspecified atom stereocenters. The lowest BCUT2D eigenvalue weighted by molar-refractivity contribution is 0.0593. The van der Waals surface area contributed by atoms with Crippen LogP contribution in [-0.4, -0.2) is 23.0 Å². The molecule has 4 nitrogen and oxygen atoms in total. The van der Waals surface area contributed by atoms with Crippen molar-refractivity contribution in [2.75, 3.05) is 7.11 Å². The third kappa shape index (κ3) is 2.44. The maximum Gasteiger partial charge on any atom is 0.358 e. The third-order valence-electron chi connectivity index (χ3n) is 2.17. The fourth-order valence-electron chi connectivity index (χ4n) is 1.33. The summed E-state index contributed by atoms with van der Waals surface area (Å²) in [4.78, 5) is 19.2. The van der Waals surface area contributed by atoms with Crippen LogP contribution in [0.2, 0.25) is 0 Å². The Morgan fingerprint density at radius 1 is 1.24 bits per heavy atom. The van der Waals surface area contributed by atoms with Gasteiger partial charge in [-0.05, 0) is 24.3 Å². The molecule has 0 saturated heterocycles. The van der Waals surface area contributed by atoms with Gasteiger partial charge < -0.3 is 4.74 Å². The molecule has 86 valence electrons. The number of rotatable bonds is 2. The minimum absolute atomic E-state index is 0.120. The van der Waals surface area contributed by atoms with Crippen LogP contribution in [0.5, 0.6) is 0 Å². The van der Waals surface area contributed by atoms with Gasteiger partial charge in [0, 0.05) is 5.56 Å². The van der Waals surface area contributed by atoms with Crippen molar-refractivity contribution in [1.82, 2.24) is 9.97 Å². The molecule has 0 fully saturated rings. The third-order valence-corrected chi connectivity index (χ3v) is 2.17. The van der Waals surface area contributed by atoms with Gasteiger partial charge >= 0.3 is 5.97 Å². The molecule has 2 rings (SSSR count). The van der Waals surface area contributed by atoms with Crippen molar-refractivity contribution in [1.29, 1.82) is 0 Å². The van der Waals surface area contributed by atoms with E-state index in [2.05, 4.69) is 14.7 Å². The van der Waals surface area contributed by atoms with E-state index in [0.717, 1.165) is 0 Å². The molecule has 0 saturated carbocycles. The van der Waals surface area contributed by atoms with E-state index in [4.69, 9.17) is 0 Å². The summed E-state index contributed by atoms with van der Waals surface area (Å²) in [7, 11) is 1.27. The molecule has 1 aromatic heterocycles. The SMILES string of the molecule is COC(=O)c1cncc(-c2ccc(F)cc2)n1. The predicted octanol–water partition coefficient (Wildman–Crippen LogP) is 2.07. The van der Waals surface area contributed by atoms with Gasteiger partial charge in [-0.25, -0.2) is 14.2 Å². The molecule has 0 aliphatic rings. The first-order chi connectivity index (χ1) is 8.20. The lowest BCUT2D eigenvalue weighted by Crippen LogP contribution is -2.05. The number of methoxy groups -OCH3 is 1. The highest BCUT2D eigenvalue weighted by atomic mass is 19.1. The van der Waals surface area contributed by atoms with Gasteiger partial charge in [-0.3, -0.25) is 4.98 Å². The first kappa shape index (κ1) is 11.2. The Kier molecular flexibility index (Phi) is 3.09. The van der Waals surface area contributed by atoms with E-state index in [1.165, 1.54) is 31.6 Å². The Morgan fingerprint density at radius 3 is 2.59 bits per heavy atom. The van der Waals surface area contributed by atoms with E-state index in [9.17, 15) is 9.18 Å². The predicted molar refractivity (Wildman–Crippen MR) is 58.8 cm³/mol. The van der Waals surface area contributed by atoms with E-state index in [1.54, 1.807) is 12.1 Å². The van der Waals surface area contributed by atoms with E-state index in [0.29, 0.717) is 11.3 Å². The first-order valence-corrected chi connectivity index (χ1v) is 4.87. The number of nitrogens with zero attached hydrogens (tertiary/aromatic N) is 2. The molecule has 0 bridgehead atoms. The molecule has 2 aromatic rings. The van der Waals surface area contributed by atoms with Gasteiger partial charge in [0.05, 0.1) is 25.2 Å². The number of carbonyl (C=O) groups is 1. The smallest absolute Gasteiger partial charge is 0.358 e. The van der Waals surface area contributed by atoms with Crippen molar-refractivity contribution in [3.05, 3.63) is 48.2 Å². The van der Waals surface area contributed by atoms with Crippen molar-refractivity contribution in [2.45, 2.75) is 0 Å². The normalized spacial score (nSPS) is 10.0. The van der Waals surface area contributed by atoms with Gasteiger partial charge in [0.25, 0.3) is 0 Å². The number of benzene rings is 1. The summed E-state index contributed by atoms with van der Waals surface area (Å²) < 4.78 is 17.3. The summed E-state index contributed by atoms with van der Waals surface area (Å²) in [6.45, 7) is 0. The largest absolute Gasteiger partial charge is 0.464 e. The number of halogens is 1. The van der Waals surface area contributed by atoms with Gasteiger partial charge in [-0.15, -0.1) is 0 Å². The molecule has 0 spiro atoms. The fraction of sp³-hybridized carbons (Fsp3) is 0.0833. The zero-order valence-electron chi connectivity index (χ0n) is 9.05. The summed E-state index contributed by atoms with van der Waals surface area (Å²) in [5.74, 6) is -0.882. The number of hydrogen-bond acceptors (Lipinski definition) is 4. The molecule has 1 heterocycles. The highest BCUT2D eigenvalue weighted by Gasteiger charge is 2.09. The number of ether oxygens (including phenoxy) is 1. The Bertz CT molecular complexity index is 540. The van der Waals surface area contributed by atoms with E-state index in [1.807, 2.05) is 0 Å². The van der Waals surface area contributed by atoms with Crippen molar-refractivity contribution in [3.8, 4) is 11.3 Å². The molecule has 0 amide bonds. The molecule has 5 heteroatoms. The number of aromatic nitrogens is 2. The number of carbonyl (C=O) groups excluding carboxylic acids is 1. The molecular weight excluding hydrogens is 223 g/mol. The average Bonchev–Trinajstić information content (AvgIpc) is 2.39. The molecule has 0 aliphatic heterocycles. The molecule has 1 aromatic carbocycles. The Morgan fingerprint density at radius 2 is 1.94 bits per heavy atom. The summed E-state index contributed by atoms with van der Waals surface area (Å²) in [6, 6.07) is 5.78. The maximum absolute atomic E-state index is 12.8. The second-order valence-electron chi connectivity index (χ2n) is 3.29. The van der Waals surface area contributed by atoms with Crippen LogP contribution in [0.3, 0.4) is 0 Å². The minimum Gasteiger partial charge on any atom is -0.464 e. The zero-order valence-corrected chi connectivity index (χ0v) is 9.05. The van der Waals surface area contributed by atoms with E-state index in [-0.39, 0.29) is 11.5 Å². The average molecular weight is 232 g/mol. The van der Waals surface area contributed by atoms with Crippen molar-refractivity contribution in [2.24, 2.45) is 0 Å². The summed E-state index contributed by atoms with van der Waals surface area (Å²) in [5, 5.41) is 0. The van der Waals surface area contributed by atoms with Crippen LogP contribution in [0.15, 0.2) is 36.7 Å². The van der Waals surface area contributed by atoms with E-state index >= 15 is 0 Å². The van der Waals surface area contributed by atoms with Gasteiger partial charge in [0.1, 0.15) is 5.82 Å². The maximum atomic E-state index is 12.8. The summed E-state index contributed by atoms with van der Waals surface area (Å²) in [5.41, 5.74) is 1.30. The van der Waals surface area contributed by atoms with Crippen LogP contribution >= 0.6 is 0 Å². The highest BCUT2D eigenvalue weighted by molar-refractivity contribution is 5.87. The van der Waals surface area contributed by atoms with Crippen molar-refractivity contribution in [3.63, 3.8) is 0 Å². The van der Waals surface area contributed by atoms with E-state index < -0.39 is 5.97 Å². The topological polar surface area (TPSA) is 52.1 Å². The van der Waals surface area contributed by atoms with Gasteiger partial charge in [-0.2, -0.15) is 0 Å². The van der Waals surface area contributed by atoms with Crippen LogP contribution in [0.1, 0.15) is 10.5 Å². The molecular formula is C12H9FN2O2. The molecule has 0 atom stereocenters. The van der Waals surface area contributed by atoms with Gasteiger partial charge in [-0.1, -0.05) is 0 Å². The second kappa shape index (κ2) is 4.69. The lowest BCUT2D eigenvalue weighted by Gasteiger charge is -2.02. The van der Waals surface area contributed by atoms with Crippen LogP contribution < -0.4 is 0 Å². The number of hydrogen-bond donors (Lipinski definition) is 0. The molecule has 0 radical (unpaired) electrons. The number of esters is 1. The fourth-order valence-corrected chi connectivity index (χ4v) is 1.33. The van der Waals surface area contributed by atoms with Gasteiger partial charge in [0.2, 0.25) is 0 Å². The highest BCUT2D eigenvalue weighted by Crippen LogP contribution is 2.16. The second-order valence-corrected chi connectivity index (χ2v) is 3.29.